The predicted molar refractivity (Wildman–Crippen MR) is 37.3 cm³/mol. The highest BCUT2D eigenvalue weighted by atomic mass is 19.1. The van der Waals surface area contributed by atoms with Gasteiger partial charge < -0.3 is 5.11 Å². The van der Waals surface area contributed by atoms with Crippen molar-refractivity contribution < 1.29 is 14.3 Å². The summed E-state index contributed by atoms with van der Waals surface area (Å²) in [5.74, 6) is -0.957. The van der Waals surface area contributed by atoms with Gasteiger partial charge in [-0.05, 0) is 13.8 Å². The van der Waals surface area contributed by atoms with E-state index in [1.54, 1.807) is 6.92 Å². The summed E-state index contributed by atoms with van der Waals surface area (Å²) < 4.78 is 13.5. The van der Waals surface area contributed by atoms with Crippen LogP contribution in [0.2, 0.25) is 0 Å². The summed E-state index contributed by atoms with van der Waals surface area (Å²) in [6.07, 6.45) is -2.15. The van der Waals surface area contributed by atoms with Crippen molar-refractivity contribution in [3.05, 3.63) is 11.6 Å². The zero-order chi connectivity index (χ0) is 9.30. The van der Waals surface area contributed by atoms with Crippen molar-refractivity contribution in [2.45, 2.75) is 20.1 Å². The predicted octanol–water partition coefficient (Wildman–Crippen LogP) is 0.448. The summed E-state index contributed by atoms with van der Waals surface area (Å²) >= 11 is 0. The highest BCUT2D eigenvalue weighted by Crippen LogP contribution is 2.09. The van der Waals surface area contributed by atoms with Crippen LogP contribution in [0.4, 0.5) is 4.39 Å². The summed E-state index contributed by atoms with van der Waals surface area (Å²) in [4.78, 5) is 14.0. The van der Waals surface area contributed by atoms with Gasteiger partial charge in [0.1, 0.15) is 11.6 Å². The number of aryl methyl sites for hydroxylation is 2. The molecular formula is C6H8FN3O2. The minimum absolute atomic E-state index is 0.252. The number of rotatable bonds is 2. The van der Waals surface area contributed by atoms with Crippen LogP contribution in [0, 0.1) is 13.8 Å². The lowest BCUT2D eigenvalue weighted by atomic mass is 10.6. The van der Waals surface area contributed by atoms with Crippen LogP contribution in [-0.4, -0.2) is 25.8 Å². The number of carboxylic acid groups (broad SMARTS) is 1. The molecule has 66 valence electrons. The quantitative estimate of drug-likeness (QED) is 0.704. The van der Waals surface area contributed by atoms with Crippen LogP contribution in [0.1, 0.15) is 17.9 Å². The molecule has 1 unspecified atom stereocenters. The second-order valence-corrected chi connectivity index (χ2v) is 2.32. The molecule has 1 atom stereocenters. The van der Waals surface area contributed by atoms with Crippen LogP contribution in [0.5, 0.6) is 0 Å². The van der Waals surface area contributed by atoms with Gasteiger partial charge in [-0.25, -0.2) is 18.9 Å². The van der Waals surface area contributed by atoms with Crippen molar-refractivity contribution >= 4 is 5.97 Å². The molecule has 1 heterocycles. The molecule has 0 bridgehead atoms. The van der Waals surface area contributed by atoms with Gasteiger partial charge >= 0.3 is 5.97 Å². The fourth-order valence-electron chi connectivity index (χ4n) is 0.855. The summed E-state index contributed by atoms with van der Waals surface area (Å²) in [5, 5.41) is 11.9. The maximum absolute atomic E-state index is 12.8. The Labute approximate surface area is 67.8 Å². The standard InChI is InChI=1S/C6H8FN3O2/c1-3-8-4(2)10(9-3)5(7)6(11)12/h5H,1-2H3,(H,11,12). The number of carbonyl (C=O) groups is 1. The van der Waals surface area contributed by atoms with Gasteiger partial charge in [0.05, 0.1) is 0 Å². The molecule has 0 aliphatic heterocycles. The van der Waals surface area contributed by atoms with Crippen molar-refractivity contribution in [3.63, 3.8) is 0 Å². The highest BCUT2D eigenvalue weighted by Gasteiger charge is 2.21. The molecule has 0 saturated carbocycles. The lowest BCUT2D eigenvalue weighted by Crippen LogP contribution is -2.16. The minimum Gasteiger partial charge on any atom is -0.478 e. The Morgan fingerprint density at radius 2 is 2.25 bits per heavy atom. The molecule has 0 fully saturated rings. The third kappa shape index (κ3) is 1.41. The number of hydrogen-bond acceptors (Lipinski definition) is 3. The van der Waals surface area contributed by atoms with Crippen LogP contribution in [0.15, 0.2) is 0 Å². The first kappa shape index (κ1) is 8.63. The third-order valence-electron chi connectivity index (χ3n) is 1.33. The molecule has 1 N–H and O–H groups in total. The van der Waals surface area contributed by atoms with Crippen LogP contribution in [0.3, 0.4) is 0 Å². The van der Waals surface area contributed by atoms with Gasteiger partial charge in [-0.3, -0.25) is 0 Å². The summed E-state index contributed by atoms with van der Waals surface area (Å²) in [6.45, 7) is 3.06. The van der Waals surface area contributed by atoms with Gasteiger partial charge in [0.2, 0.25) is 0 Å². The first-order chi connectivity index (χ1) is 5.52. The first-order valence-electron chi connectivity index (χ1n) is 3.29. The lowest BCUT2D eigenvalue weighted by Gasteiger charge is -2.02. The Bertz CT molecular complexity index is 310. The van der Waals surface area contributed by atoms with E-state index in [9.17, 15) is 9.18 Å². The van der Waals surface area contributed by atoms with E-state index in [-0.39, 0.29) is 5.82 Å². The second kappa shape index (κ2) is 2.88. The second-order valence-electron chi connectivity index (χ2n) is 2.32. The Morgan fingerprint density at radius 3 is 2.58 bits per heavy atom. The van der Waals surface area contributed by atoms with E-state index in [0.717, 1.165) is 4.68 Å². The molecule has 0 spiro atoms. The van der Waals surface area contributed by atoms with Gasteiger partial charge in [0.25, 0.3) is 6.30 Å². The number of carboxylic acids is 1. The molecule has 0 amide bonds. The molecular weight excluding hydrogens is 165 g/mol. The zero-order valence-corrected chi connectivity index (χ0v) is 6.65. The van der Waals surface area contributed by atoms with E-state index < -0.39 is 12.3 Å². The van der Waals surface area contributed by atoms with Crippen molar-refractivity contribution in [2.75, 3.05) is 0 Å². The number of aliphatic carboxylic acids is 1. The Balaban J connectivity index is 3.02. The van der Waals surface area contributed by atoms with Crippen LogP contribution >= 0.6 is 0 Å². The van der Waals surface area contributed by atoms with Gasteiger partial charge in [-0.15, -0.1) is 0 Å². The summed E-state index contributed by atoms with van der Waals surface area (Å²) in [5.41, 5.74) is 0. The summed E-state index contributed by atoms with van der Waals surface area (Å²) in [6, 6.07) is 0. The third-order valence-corrected chi connectivity index (χ3v) is 1.33. The van der Waals surface area contributed by atoms with Gasteiger partial charge in [0.15, 0.2) is 0 Å². The minimum atomic E-state index is -2.15. The molecule has 0 aliphatic carbocycles. The van der Waals surface area contributed by atoms with E-state index in [1.165, 1.54) is 6.92 Å². The Morgan fingerprint density at radius 1 is 1.67 bits per heavy atom. The fraction of sp³-hybridized carbons (Fsp3) is 0.500. The Hall–Kier alpha value is -1.46. The number of aromatic nitrogens is 3. The number of nitrogens with zero attached hydrogens (tertiary/aromatic N) is 3. The van der Waals surface area contributed by atoms with Crippen molar-refractivity contribution in [2.24, 2.45) is 0 Å². The van der Waals surface area contributed by atoms with E-state index in [2.05, 4.69) is 10.1 Å². The average Bonchev–Trinajstić information content (AvgIpc) is 2.28. The van der Waals surface area contributed by atoms with Gasteiger partial charge in [0, 0.05) is 0 Å². The van der Waals surface area contributed by atoms with Crippen molar-refractivity contribution in [1.29, 1.82) is 0 Å². The Kier molecular flexibility index (Phi) is 2.07. The largest absolute Gasteiger partial charge is 0.478 e. The molecule has 1 aromatic heterocycles. The van der Waals surface area contributed by atoms with E-state index in [4.69, 9.17) is 5.11 Å². The van der Waals surface area contributed by atoms with Crippen LogP contribution < -0.4 is 0 Å². The topological polar surface area (TPSA) is 68.0 Å². The monoisotopic (exact) mass is 173 g/mol. The van der Waals surface area contributed by atoms with E-state index in [0.29, 0.717) is 5.82 Å². The summed E-state index contributed by atoms with van der Waals surface area (Å²) in [7, 11) is 0. The molecule has 1 aromatic rings. The number of alkyl halides is 1. The smallest absolute Gasteiger partial charge is 0.361 e. The molecule has 0 radical (unpaired) electrons. The zero-order valence-electron chi connectivity index (χ0n) is 6.65. The molecule has 0 aliphatic rings. The van der Waals surface area contributed by atoms with Crippen molar-refractivity contribution in [1.82, 2.24) is 14.8 Å². The number of halogens is 1. The normalized spacial score (nSPS) is 12.9. The van der Waals surface area contributed by atoms with E-state index >= 15 is 0 Å². The number of hydrogen-bond donors (Lipinski definition) is 1. The van der Waals surface area contributed by atoms with Gasteiger partial charge in [-0.1, -0.05) is 0 Å². The molecule has 6 heteroatoms. The van der Waals surface area contributed by atoms with Crippen molar-refractivity contribution in [3.8, 4) is 0 Å². The van der Waals surface area contributed by atoms with Crippen LogP contribution in [-0.2, 0) is 4.79 Å². The lowest BCUT2D eigenvalue weighted by molar-refractivity contribution is -0.147. The molecule has 5 nitrogen and oxygen atoms in total. The maximum atomic E-state index is 12.8. The van der Waals surface area contributed by atoms with Crippen LogP contribution in [0.25, 0.3) is 0 Å². The first-order valence-corrected chi connectivity index (χ1v) is 3.29. The van der Waals surface area contributed by atoms with E-state index in [1.807, 2.05) is 0 Å². The van der Waals surface area contributed by atoms with Gasteiger partial charge in [-0.2, -0.15) is 5.10 Å². The molecule has 12 heavy (non-hydrogen) atoms. The molecule has 1 rings (SSSR count). The maximum Gasteiger partial charge on any atom is 0.361 e. The molecule has 0 saturated heterocycles. The average molecular weight is 173 g/mol. The fourth-order valence-corrected chi connectivity index (χ4v) is 0.855. The SMILES string of the molecule is Cc1nc(C)n(C(F)C(=O)O)n1. The molecule has 0 aromatic carbocycles. The highest BCUT2D eigenvalue weighted by molar-refractivity contribution is 5.69.